The van der Waals surface area contributed by atoms with Crippen molar-refractivity contribution in [3.8, 4) is 0 Å². The molecule has 0 radical (unpaired) electrons. The molecule has 4 atom stereocenters. The summed E-state index contributed by atoms with van der Waals surface area (Å²) in [5.41, 5.74) is 2.43. The number of amides is 4. The molecule has 0 saturated carbocycles. The Hall–Kier alpha value is -2.55. The Morgan fingerprint density at radius 1 is 1.26 bits per heavy atom. The molecule has 0 aliphatic carbocycles. The van der Waals surface area contributed by atoms with Crippen molar-refractivity contribution >= 4 is 35.4 Å². The molecule has 3 aliphatic heterocycles. The number of hydrogen-bond donors (Lipinski definition) is 2. The van der Waals surface area contributed by atoms with Crippen LogP contribution < -0.4 is 10.6 Å². The summed E-state index contributed by atoms with van der Waals surface area (Å²) in [6.07, 6.45) is 2.79. The minimum absolute atomic E-state index is 0.103. The van der Waals surface area contributed by atoms with Crippen molar-refractivity contribution < 1.29 is 19.2 Å². The van der Waals surface area contributed by atoms with E-state index in [1.807, 2.05) is 38.3 Å². The number of carbonyl (C=O) groups excluding carboxylic acids is 4. The fourth-order valence-corrected chi connectivity index (χ4v) is 5.23. The Morgan fingerprint density at radius 3 is 2.77 bits per heavy atom. The van der Waals surface area contributed by atoms with E-state index >= 15 is 0 Å². The Bertz CT molecular complexity index is 936. The summed E-state index contributed by atoms with van der Waals surface area (Å²) < 4.78 is 0. The average Bonchev–Trinajstić information content (AvgIpc) is 3.31. The Balaban J connectivity index is 1.57. The van der Waals surface area contributed by atoms with Crippen molar-refractivity contribution in [3.05, 3.63) is 34.9 Å². The Morgan fingerprint density at radius 2 is 2.03 bits per heavy atom. The van der Waals surface area contributed by atoms with Crippen LogP contribution in [-0.4, -0.2) is 82.7 Å². The summed E-state index contributed by atoms with van der Waals surface area (Å²) >= 11 is 1.42. The predicted octanol–water partition coefficient (Wildman–Crippen LogP) is 0.465. The molecule has 3 heterocycles. The van der Waals surface area contributed by atoms with Gasteiger partial charge in [-0.1, -0.05) is 17.7 Å². The minimum Gasteiger partial charge on any atom is -0.351 e. The van der Waals surface area contributed by atoms with Crippen LogP contribution in [0, 0.1) is 13.8 Å². The summed E-state index contributed by atoms with van der Waals surface area (Å²) in [7, 11) is 0. The average molecular weight is 445 g/mol. The van der Waals surface area contributed by atoms with Gasteiger partial charge in [-0.15, -0.1) is 0 Å². The third kappa shape index (κ3) is 4.03. The number of thioether (sulfide) groups is 1. The fourth-order valence-electron chi connectivity index (χ4n) is 4.88. The molecule has 3 aliphatic rings. The van der Waals surface area contributed by atoms with E-state index < -0.39 is 12.1 Å². The highest BCUT2D eigenvalue weighted by atomic mass is 32.2. The molecular formula is C22H28N4O4S. The minimum atomic E-state index is -0.720. The number of likely N-dealkylation sites (tertiary alicyclic amines) is 1. The number of benzene rings is 1. The predicted molar refractivity (Wildman–Crippen MR) is 118 cm³/mol. The second kappa shape index (κ2) is 8.53. The number of hydrogen-bond acceptors (Lipinski definition) is 5. The first-order chi connectivity index (χ1) is 14.8. The molecule has 31 heavy (non-hydrogen) atoms. The lowest BCUT2D eigenvalue weighted by Crippen LogP contribution is -2.52. The van der Waals surface area contributed by atoms with Crippen LogP contribution in [0.2, 0.25) is 0 Å². The Labute approximate surface area is 186 Å². The first-order valence-corrected chi connectivity index (χ1v) is 12.0. The quantitative estimate of drug-likeness (QED) is 0.703. The van der Waals surface area contributed by atoms with Gasteiger partial charge in [-0.3, -0.25) is 19.2 Å². The molecule has 9 heteroatoms. The van der Waals surface area contributed by atoms with Gasteiger partial charge >= 0.3 is 0 Å². The lowest BCUT2D eigenvalue weighted by Gasteiger charge is -2.29. The molecule has 166 valence electrons. The summed E-state index contributed by atoms with van der Waals surface area (Å²) in [6.45, 7) is 4.52. The second-order valence-electron chi connectivity index (χ2n) is 8.61. The molecule has 0 aromatic heterocycles. The standard InChI is InChI=1S/C22H28N4O4S/c1-12-4-5-13(2)15(8-12)21(29)25-7-6-16-19(25)22(30)26-10-14(23-18(27)11-31-3)9-17(26)20(28)24-16/h4-5,8,14,16-17,19H,6-7,9-11H2,1-3H3,(H,23,27)(H,24,28)/t14-,16-,17+,19-/m0/s1. The van der Waals surface area contributed by atoms with Crippen LogP contribution in [0.3, 0.4) is 0 Å². The molecule has 3 saturated heterocycles. The highest BCUT2D eigenvalue weighted by Crippen LogP contribution is 2.30. The number of nitrogens with zero attached hydrogens (tertiary/aromatic N) is 2. The van der Waals surface area contributed by atoms with Gasteiger partial charge < -0.3 is 20.4 Å². The van der Waals surface area contributed by atoms with Crippen LogP contribution in [0.1, 0.15) is 34.3 Å². The lowest BCUT2D eigenvalue weighted by atomic mass is 10.0. The van der Waals surface area contributed by atoms with Gasteiger partial charge in [0.05, 0.1) is 11.8 Å². The molecule has 4 amide bonds. The van der Waals surface area contributed by atoms with Gasteiger partial charge in [-0.05, 0) is 44.6 Å². The zero-order valence-corrected chi connectivity index (χ0v) is 18.8. The zero-order valence-electron chi connectivity index (χ0n) is 18.0. The van der Waals surface area contributed by atoms with Crippen LogP contribution in [0.5, 0.6) is 0 Å². The van der Waals surface area contributed by atoms with E-state index in [9.17, 15) is 19.2 Å². The van der Waals surface area contributed by atoms with Crippen molar-refractivity contribution in [3.63, 3.8) is 0 Å². The Kier molecular flexibility index (Phi) is 5.96. The number of nitrogens with one attached hydrogen (secondary N) is 2. The SMILES string of the molecule is CSCC(=O)N[C@H]1C[C@@H]2C(=O)N[C@H]3CCN(C(=O)c4cc(C)ccc4C)[C@@H]3C(=O)N2C1. The van der Waals surface area contributed by atoms with E-state index in [4.69, 9.17) is 0 Å². The van der Waals surface area contributed by atoms with Crippen LogP contribution in [0.15, 0.2) is 18.2 Å². The van der Waals surface area contributed by atoms with Crippen LogP contribution in [0.4, 0.5) is 0 Å². The van der Waals surface area contributed by atoms with Gasteiger partial charge in [0.2, 0.25) is 17.7 Å². The summed E-state index contributed by atoms with van der Waals surface area (Å²) in [4.78, 5) is 54.9. The van der Waals surface area contributed by atoms with Crippen molar-refractivity contribution in [2.24, 2.45) is 0 Å². The summed E-state index contributed by atoms with van der Waals surface area (Å²) in [6, 6.07) is 3.73. The fraction of sp³-hybridized carbons (Fsp3) is 0.545. The van der Waals surface area contributed by atoms with Gasteiger partial charge in [-0.25, -0.2) is 0 Å². The smallest absolute Gasteiger partial charge is 0.254 e. The monoisotopic (exact) mass is 444 g/mol. The number of fused-ring (bicyclic) bond motifs is 2. The number of aryl methyl sites for hydroxylation is 2. The third-order valence-electron chi connectivity index (χ3n) is 6.39. The van der Waals surface area contributed by atoms with Crippen molar-refractivity contribution in [2.45, 2.75) is 50.9 Å². The summed E-state index contributed by atoms with van der Waals surface area (Å²) in [5.74, 6) is -0.369. The lowest BCUT2D eigenvalue weighted by molar-refractivity contribution is -0.138. The molecule has 2 N–H and O–H groups in total. The molecule has 1 aromatic rings. The molecule has 0 unspecified atom stereocenters. The van der Waals surface area contributed by atoms with E-state index in [0.29, 0.717) is 30.7 Å². The van der Waals surface area contributed by atoms with E-state index in [1.165, 1.54) is 11.8 Å². The third-order valence-corrected chi connectivity index (χ3v) is 6.94. The second-order valence-corrected chi connectivity index (χ2v) is 9.47. The van der Waals surface area contributed by atoms with Gasteiger partial charge in [0, 0.05) is 24.7 Å². The topological polar surface area (TPSA) is 98.8 Å². The van der Waals surface area contributed by atoms with E-state index in [0.717, 1.165) is 11.1 Å². The van der Waals surface area contributed by atoms with E-state index in [2.05, 4.69) is 10.6 Å². The highest BCUT2D eigenvalue weighted by molar-refractivity contribution is 7.99. The number of rotatable bonds is 4. The van der Waals surface area contributed by atoms with Gasteiger partial charge in [0.1, 0.15) is 12.1 Å². The molecule has 3 fully saturated rings. The van der Waals surface area contributed by atoms with E-state index in [-0.39, 0.29) is 42.3 Å². The van der Waals surface area contributed by atoms with Crippen molar-refractivity contribution in [2.75, 3.05) is 25.1 Å². The highest BCUT2D eigenvalue weighted by Gasteiger charge is 2.52. The van der Waals surface area contributed by atoms with Crippen molar-refractivity contribution in [1.29, 1.82) is 0 Å². The van der Waals surface area contributed by atoms with E-state index in [1.54, 1.807) is 9.80 Å². The molecule has 1 aromatic carbocycles. The maximum absolute atomic E-state index is 13.5. The zero-order chi connectivity index (χ0) is 22.3. The summed E-state index contributed by atoms with van der Waals surface area (Å²) in [5, 5.41) is 5.91. The normalized spacial score (nSPS) is 27.5. The molecule has 0 spiro atoms. The van der Waals surface area contributed by atoms with Crippen LogP contribution >= 0.6 is 11.8 Å². The molecule has 8 nitrogen and oxygen atoms in total. The maximum Gasteiger partial charge on any atom is 0.254 e. The molecular weight excluding hydrogens is 416 g/mol. The van der Waals surface area contributed by atoms with Gasteiger partial charge in [-0.2, -0.15) is 11.8 Å². The first kappa shape index (κ1) is 21.7. The van der Waals surface area contributed by atoms with Gasteiger partial charge in [0.15, 0.2) is 0 Å². The van der Waals surface area contributed by atoms with Gasteiger partial charge in [0.25, 0.3) is 5.91 Å². The largest absolute Gasteiger partial charge is 0.351 e. The molecule has 0 bridgehead atoms. The van der Waals surface area contributed by atoms with Crippen LogP contribution in [0.25, 0.3) is 0 Å². The first-order valence-electron chi connectivity index (χ1n) is 10.6. The van der Waals surface area contributed by atoms with Crippen molar-refractivity contribution in [1.82, 2.24) is 20.4 Å². The number of carbonyl (C=O) groups is 4. The molecule has 4 rings (SSSR count). The maximum atomic E-state index is 13.5. The van der Waals surface area contributed by atoms with Crippen LogP contribution in [-0.2, 0) is 14.4 Å².